The van der Waals surface area contributed by atoms with E-state index in [2.05, 4.69) is 5.32 Å². The van der Waals surface area contributed by atoms with Crippen molar-refractivity contribution in [2.75, 3.05) is 0 Å². The summed E-state index contributed by atoms with van der Waals surface area (Å²) in [7, 11) is 0. The Labute approximate surface area is 138 Å². The molecule has 118 valence electrons. The van der Waals surface area contributed by atoms with Crippen molar-refractivity contribution in [1.29, 1.82) is 0 Å². The first-order valence-corrected chi connectivity index (χ1v) is 7.48. The number of nitrogens with one attached hydrogen (secondary N) is 1. The summed E-state index contributed by atoms with van der Waals surface area (Å²) in [6, 6.07) is 14.7. The van der Waals surface area contributed by atoms with Crippen LogP contribution in [-0.4, -0.2) is 24.2 Å². The van der Waals surface area contributed by atoms with Crippen LogP contribution in [0.15, 0.2) is 54.6 Å². The fourth-order valence-electron chi connectivity index (χ4n) is 2.23. The molecule has 1 heterocycles. The second-order valence-electron chi connectivity index (χ2n) is 5.07. The number of benzene rings is 2. The third-order valence-electron chi connectivity index (χ3n) is 3.38. The monoisotopic (exact) mass is 331 g/mol. The predicted molar refractivity (Wildman–Crippen MR) is 84.3 cm³/mol. The van der Waals surface area contributed by atoms with Gasteiger partial charge in [-0.1, -0.05) is 29.8 Å². The van der Waals surface area contributed by atoms with E-state index in [0.717, 1.165) is 0 Å². The van der Waals surface area contributed by atoms with Gasteiger partial charge in [0, 0.05) is 10.6 Å². The average molecular weight is 332 g/mol. The van der Waals surface area contributed by atoms with Gasteiger partial charge in [0.25, 0.3) is 5.91 Å². The van der Waals surface area contributed by atoms with Crippen molar-refractivity contribution in [3.05, 3.63) is 65.2 Å². The number of esters is 1. The quantitative estimate of drug-likeness (QED) is 0.875. The molecule has 0 aromatic heterocycles. The number of amides is 1. The van der Waals surface area contributed by atoms with Crippen molar-refractivity contribution in [3.8, 4) is 5.75 Å². The van der Waals surface area contributed by atoms with Crippen LogP contribution in [0.5, 0.6) is 5.75 Å². The molecule has 5 nitrogen and oxygen atoms in total. The predicted octanol–water partition coefficient (Wildman–Crippen LogP) is 2.79. The lowest BCUT2D eigenvalue weighted by atomic mass is 10.2. The normalized spacial score (nSPS) is 20.0. The third kappa shape index (κ3) is 3.81. The Morgan fingerprint density at radius 2 is 1.83 bits per heavy atom. The van der Waals surface area contributed by atoms with Gasteiger partial charge in [0.15, 0.2) is 0 Å². The molecule has 3 rings (SSSR count). The molecule has 23 heavy (non-hydrogen) atoms. The Balaban J connectivity index is 1.59. The summed E-state index contributed by atoms with van der Waals surface area (Å²) in [4.78, 5) is 23.9. The lowest BCUT2D eigenvalue weighted by Gasteiger charge is -2.12. The van der Waals surface area contributed by atoms with Crippen molar-refractivity contribution in [1.82, 2.24) is 5.32 Å². The van der Waals surface area contributed by atoms with Gasteiger partial charge in [-0.3, -0.25) is 4.79 Å². The standard InChI is InChI=1S/C17H14ClNO4/c18-12-6-8-13(9-7-12)22-15-10-14(17(21)23-15)19-16(20)11-4-2-1-3-5-11/h1-9,14-15H,10H2,(H,19,20)/t14-,15-/m0/s1. The molecule has 1 saturated heterocycles. The van der Waals surface area contributed by atoms with Crippen LogP contribution in [0.25, 0.3) is 0 Å². The number of halogens is 1. The van der Waals surface area contributed by atoms with E-state index in [-0.39, 0.29) is 12.3 Å². The first-order valence-electron chi connectivity index (χ1n) is 7.10. The molecule has 1 N–H and O–H groups in total. The van der Waals surface area contributed by atoms with Gasteiger partial charge >= 0.3 is 5.97 Å². The third-order valence-corrected chi connectivity index (χ3v) is 3.63. The van der Waals surface area contributed by atoms with Crippen LogP contribution in [0, 0.1) is 0 Å². The van der Waals surface area contributed by atoms with Gasteiger partial charge in [-0.2, -0.15) is 0 Å². The zero-order valence-electron chi connectivity index (χ0n) is 12.1. The van der Waals surface area contributed by atoms with E-state index in [1.54, 1.807) is 48.5 Å². The molecule has 2 aromatic carbocycles. The van der Waals surface area contributed by atoms with Gasteiger partial charge in [0.05, 0.1) is 6.42 Å². The molecule has 1 fully saturated rings. The van der Waals surface area contributed by atoms with Crippen LogP contribution in [0.2, 0.25) is 5.02 Å². The number of hydrogen-bond donors (Lipinski definition) is 1. The highest BCUT2D eigenvalue weighted by atomic mass is 35.5. The Kier molecular flexibility index (Phi) is 4.48. The zero-order valence-corrected chi connectivity index (χ0v) is 12.8. The summed E-state index contributed by atoms with van der Waals surface area (Å²) in [5.41, 5.74) is 0.488. The minimum atomic E-state index is -0.732. The van der Waals surface area contributed by atoms with Crippen molar-refractivity contribution < 1.29 is 19.1 Å². The minimum Gasteiger partial charge on any atom is -0.455 e. The van der Waals surface area contributed by atoms with E-state index >= 15 is 0 Å². The van der Waals surface area contributed by atoms with Crippen LogP contribution in [0.3, 0.4) is 0 Å². The summed E-state index contributed by atoms with van der Waals surface area (Å²) in [5, 5.41) is 3.25. The highest BCUT2D eigenvalue weighted by Crippen LogP contribution is 2.22. The van der Waals surface area contributed by atoms with Gasteiger partial charge in [0.1, 0.15) is 11.8 Å². The van der Waals surface area contributed by atoms with Crippen molar-refractivity contribution in [3.63, 3.8) is 0 Å². The van der Waals surface area contributed by atoms with Crippen LogP contribution >= 0.6 is 11.6 Å². The first kappa shape index (κ1) is 15.4. The molecule has 0 saturated carbocycles. The number of cyclic esters (lactones) is 1. The van der Waals surface area contributed by atoms with Crippen LogP contribution in [-0.2, 0) is 9.53 Å². The van der Waals surface area contributed by atoms with Gasteiger partial charge in [-0.25, -0.2) is 4.79 Å². The zero-order chi connectivity index (χ0) is 16.2. The highest BCUT2D eigenvalue weighted by molar-refractivity contribution is 6.30. The average Bonchev–Trinajstić information content (AvgIpc) is 2.90. The second-order valence-corrected chi connectivity index (χ2v) is 5.50. The first-order chi connectivity index (χ1) is 11.1. The molecule has 0 radical (unpaired) electrons. The molecule has 6 heteroatoms. The number of rotatable bonds is 4. The summed E-state index contributed by atoms with van der Waals surface area (Å²) in [5.74, 6) is -0.282. The molecule has 0 bridgehead atoms. The Hall–Kier alpha value is -2.53. The summed E-state index contributed by atoms with van der Waals surface area (Å²) < 4.78 is 10.7. The van der Waals surface area contributed by atoms with E-state index in [9.17, 15) is 9.59 Å². The molecule has 2 atom stereocenters. The minimum absolute atomic E-state index is 0.250. The fourth-order valence-corrected chi connectivity index (χ4v) is 2.36. The highest BCUT2D eigenvalue weighted by Gasteiger charge is 2.37. The van der Waals surface area contributed by atoms with Gasteiger partial charge in [-0.15, -0.1) is 0 Å². The van der Waals surface area contributed by atoms with Crippen LogP contribution in [0.4, 0.5) is 0 Å². The maximum absolute atomic E-state index is 12.1. The molecule has 1 aliphatic rings. The summed E-state index contributed by atoms with van der Waals surface area (Å²) in [6.45, 7) is 0. The second kappa shape index (κ2) is 6.71. The van der Waals surface area contributed by atoms with Crippen molar-refractivity contribution in [2.45, 2.75) is 18.8 Å². The largest absolute Gasteiger partial charge is 0.455 e. The van der Waals surface area contributed by atoms with E-state index in [0.29, 0.717) is 16.3 Å². The SMILES string of the molecule is O=C(N[C@H]1C[C@@H](Oc2ccc(Cl)cc2)OC1=O)c1ccccc1. The molecule has 1 amide bonds. The van der Waals surface area contributed by atoms with Gasteiger partial charge in [-0.05, 0) is 36.4 Å². The maximum Gasteiger partial charge on any atom is 0.332 e. The fraction of sp³-hybridized carbons (Fsp3) is 0.176. The van der Waals surface area contributed by atoms with Crippen molar-refractivity contribution in [2.24, 2.45) is 0 Å². The Morgan fingerprint density at radius 3 is 2.52 bits per heavy atom. The van der Waals surface area contributed by atoms with Crippen LogP contribution < -0.4 is 10.1 Å². The molecule has 0 aliphatic carbocycles. The molecule has 1 aliphatic heterocycles. The van der Waals surface area contributed by atoms with Crippen molar-refractivity contribution >= 4 is 23.5 Å². The van der Waals surface area contributed by atoms with Crippen LogP contribution in [0.1, 0.15) is 16.8 Å². The van der Waals surface area contributed by atoms with E-state index in [4.69, 9.17) is 21.1 Å². The molecular formula is C17H14ClNO4. The number of hydrogen-bond acceptors (Lipinski definition) is 4. The Morgan fingerprint density at radius 1 is 1.13 bits per heavy atom. The number of carbonyl (C=O) groups is 2. The molecule has 0 spiro atoms. The lowest BCUT2D eigenvalue weighted by molar-refractivity contribution is -0.151. The summed E-state index contributed by atoms with van der Waals surface area (Å²) in [6.07, 6.45) is -0.482. The van der Waals surface area contributed by atoms with Gasteiger partial charge in [0.2, 0.25) is 6.29 Å². The smallest absolute Gasteiger partial charge is 0.332 e. The molecule has 2 aromatic rings. The van der Waals surface area contributed by atoms with E-state index in [1.807, 2.05) is 6.07 Å². The van der Waals surface area contributed by atoms with E-state index in [1.165, 1.54) is 0 Å². The van der Waals surface area contributed by atoms with Gasteiger partial charge < -0.3 is 14.8 Å². The summed E-state index contributed by atoms with van der Waals surface area (Å²) >= 11 is 5.80. The lowest BCUT2D eigenvalue weighted by Crippen LogP contribution is -2.38. The number of ether oxygens (including phenoxy) is 2. The topological polar surface area (TPSA) is 64.6 Å². The Bertz CT molecular complexity index is 702. The molecular weight excluding hydrogens is 318 g/mol. The maximum atomic E-state index is 12.1. The van der Waals surface area contributed by atoms with E-state index < -0.39 is 18.3 Å². The number of carbonyl (C=O) groups excluding carboxylic acids is 2. The molecule has 0 unspecified atom stereocenters.